The van der Waals surface area contributed by atoms with Crippen LogP contribution in [0.3, 0.4) is 0 Å². The molecule has 1 atom stereocenters. The average molecular weight is 425 g/mol. The monoisotopic (exact) mass is 424 g/mol. The quantitative estimate of drug-likeness (QED) is 0.706. The first-order chi connectivity index (χ1) is 13.3. The molecule has 1 saturated heterocycles. The molecule has 2 N–H and O–H groups in total. The van der Waals surface area contributed by atoms with E-state index in [0.29, 0.717) is 36.5 Å². The van der Waals surface area contributed by atoms with Crippen molar-refractivity contribution in [2.45, 2.75) is 64.0 Å². The maximum atomic E-state index is 12.8. The number of nitrogens with zero attached hydrogens (tertiary/aromatic N) is 2. The van der Waals surface area contributed by atoms with Crippen molar-refractivity contribution < 1.29 is 13.2 Å². The highest BCUT2D eigenvalue weighted by atomic mass is 32.2. The van der Waals surface area contributed by atoms with E-state index in [1.807, 2.05) is 6.92 Å². The molecule has 0 aromatic carbocycles. The van der Waals surface area contributed by atoms with Crippen molar-refractivity contribution in [3.63, 3.8) is 0 Å². The summed E-state index contributed by atoms with van der Waals surface area (Å²) in [5.74, 6) is -0.109. The molecular formula is C19H28N4O3S2. The van der Waals surface area contributed by atoms with E-state index < -0.39 is 10.0 Å². The minimum atomic E-state index is -3.21. The number of hydrogen-bond donors (Lipinski definition) is 2. The van der Waals surface area contributed by atoms with E-state index in [1.54, 1.807) is 11.3 Å². The SMILES string of the molecule is C[C@@H](C(=O)Nc1sc2c(c1C#N)CCCCC2)N1CCC(NS(C)(=O)=O)CC1. The molecule has 154 valence electrons. The van der Waals surface area contributed by atoms with Gasteiger partial charge in [0.1, 0.15) is 11.1 Å². The summed E-state index contributed by atoms with van der Waals surface area (Å²) in [5, 5.41) is 13.3. The Kier molecular flexibility index (Phi) is 6.76. The summed E-state index contributed by atoms with van der Waals surface area (Å²) in [6.45, 7) is 3.19. The number of aryl methyl sites for hydroxylation is 1. The van der Waals surface area contributed by atoms with Crippen LogP contribution in [0.15, 0.2) is 0 Å². The zero-order valence-electron chi connectivity index (χ0n) is 16.5. The number of carbonyl (C=O) groups excluding carboxylic acids is 1. The third-order valence-electron chi connectivity index (χ3n) is 5.61. The van der Waals surface area contributed by atoms with E-state index in [1.165, 1.54) is 17.6 Å². The number of amides is 1. The molecule has 1 fully saturated rings. The normalized spacial score (nSPS) is 20.0. The van der Waals surface area contributed by atoms with Crippen LogP contribution in [-0.2, 0) is 27.7 Å². The van der Waals surface area contributed by atoms with Crippen LogP contribution >= 0.6 is 11.3 Å². The molecule has 0 saturated carbocycles. The second kappa shape index (κ2) is 8.91. The van der Waals surface area contributed by atoms with E-state index in [4.69, 9.17) is 0 Å². The number of carbonyl (C=O) groups is 1. The fourth-order valence-electron chi connectivity index (χ4n) is 4.04. The van der Waals surface area contributed by atoms with Crippen LogP contribution in [-0.4, -0.2) is 50.7 Å². The molecule has 0 unspecified atom stereocenters. The predicted octanol–water partition coefficient (Wildman–Crippen LogP) is 2.23. The van der Waals surface area contributed by atoms with Gasteiger partial charge in [0.15, 0.2) is 0 Å². The lowest BCUT2D eigenvalue weighted by atomic mass is 10.0. The Morgan fingerprint density at radius 2 is 1.93 bits per heavy atom. The third kappa shape index (κ3) is 5.11. The Morgan fingerprint density at radius 3 is 2.57 bits per heavy atom. The van der Waals surface area contributed by atoms with Gasteiger partial charge in [-0.1, -0.05) is 6.42 Å². The highest BCUT2D eigenvalue weighted by Gasteiger charge is 2.29. The second-order valence-electron chi connectivity index (χ2n) is 7.75. The van der Waals surface area contributed by atoms with Gasteiger partial charge in [0.2, 0.25) is 15.9 Å². The Morgan fingerprint density at radius 1 is 1.25 bits per heavy atom. The van der Waals surface area contributed by atoms with Gasteiger partial charge in [-0.25, -0.2) is 13.1 Å². The minimum absolute atomic E-state index is 0.0698. The Bertz CT molecular complexity index is 864. The van der Waals surface area contributed by atoms with Crippen molar-refractivity contribution >= 4 is 32.3 Å². The maximum Gasteiger partial charge on any atom is 0.242 e. The molecule has 9 heteroatoms. The summed E-state index contributed by atoms with van der Waals surface area (Å²) < 4.78 is 25.4. The van der Waals surface area contributed by atoms with E-state index in [2.05, 4.69) is 21.0 Å². The van der Waals surface area contributed by atoms with Crippen molar-refractivity contribution in [1.29, 1.82) is 5.26 Å². The molecule has 2 heterocycles. The molecule has 7 nitrogen and oxygen atoms in total. The summed E-state index contributed by atoms with van der Waals surface area (Å²) in [5.41, 5.74) is 1.76. The van der Waals surface area contributed by atoms with Crippen LogP contribution in [0.4, 0.5) is 5.00 Å². The van der Waals surface area contributed by atoms with Crippen molar-refractivity contribution in [3.8, 4) is 6.07 Å². The third-order valence-corrected chi connectivity index (χ3v) is 7.58. The standard InChI is InChI=1S/C19H28N4O3S2/c1-13(23-10-8-14(9-11-23)22-28(2,25)26)18(24)21-19-16(12-20)15-6-4-3-5-7-17(15)27-19/h13-14,22H,3-11H2,1-2H3,(H,21,24)/t13-/m0/s1. The van der Waals surface area contributed by atoms with Crippen molar-refractivity contribution in [3.05, 3.63) is 16.0 Å². The zero-order valence-corrected chi connectivity index (χ0v) is 18.1. The molecular weight excluding hydrogens is 396 g/mol. The maximum absolute atomic E-state index is 12.8. The van der Waals surface area contributed by atoms with Gasteiger partial charge in [-0.15, -0.1) is 11.3 Å². The van der Waals surface area contributed by atoms with Crippen molar-refractivity contribution in [2.75, 3.05) is 24.7 Å². The van der Waals surface area contributed by atoms with Crippen molar-refractivity contribution in [1.82, 2.24) is 9.62 Å². The molecule has 1 aliphatic carbocycles. The van der Waals surface area contributed by atoms with Crippen LogP contribution in [0.2, 0.25) is 0 Å². The van der Waals surface area contributed by atoms with Crippen molar-refractivity contribution in [2.24, 2.45) is 0 Å². The molecule has 1 aromatic heterocycles. The number of piperidine rings is 1. The van der Waals surface area contributed by atoms with E-state index >= 15 is 0 Å². The van der Waals surface area contributed by atoms with Gasteiger partial charge in [0.25, 0.3) is 0 Å². The fourth-order valence-corrected chi connectivity index (χ4v) is 6.12. The van der Waals surface area contributed by atoms with Crippen LogP contribution in [0.1, 0.15) is 55.0 Å². The number of nitrogens with one attached hydrogen (secondary N) is 2. The van der Waals surface area contributed by atoms with Gasteiger partial charge < -0.3 is 5.32 Å². The van der Waals surface area contributed by atoms with E-state index in [0.717, 1.165) is 31.2 Å². The number of thiophene rings is 1. The van der Waals surface area contributed by atoms with E-state index in [9.17, 15) is 18.5 Å². The number of hydrogen-bond acceptors (Lipinski definition) is 6. The Hall–Kier alpha value is -1.47. The molecule has 0 radical (unpaired) electrons. The fraction of sp³-hybridized carbons (Fsp3) is 0.684. The molecule has 3 rings (SSSR count). The van der Waals surface area contributed by atoms with Crippen LogP contribution in [0, 0.1) is 11.3 Å². The summed E-state index contributed by atoms with van der Waals surface area (Å²) >= 11 is 1.55. The number of anilines is 1. The lowest BCUT2D eigenvalue weighted by molar-refractivity contribution is -0.121. The predicted molar refractivity (Wildman–Crippen MR) is 111 cm³/mol. The smallest absolute Gasteiger partial charge is 0.242 e. The van der Waals surface area contributed by atoms with Crippen LogP contribution in [0.25, 0.3) is 0 Å². The summed E-state index contributed by atoms with van der Waals surface area (Å²) in [6.07, 6.45) is 7.86. The molecule has 1 aromatic rings. The van der Waals surface area contributed by atoms with Gasteiger partial charge >= 0.3 is 0 Å². The first kappa shape index (κ1) is 21.2. The minimum Gasteiger partial charge on any atom is -0.315 e. The van der Waals surface area contributed by atoms with Gasteiger partial charge in [-0.3, -0.25) is 9.69 Å². The van der Waals surface area contributed by atoms with Gasteiger partial charge in [-0.05, 0) is 51.0 Å². The average Bonchev–Trinajstić information content (AvgIpc) is 2.80. The summed E-state index contributed by atoms with van der Waals surface area (Å²) in [7, 11) is -3.21. The van der Waals surface area contributed by atoms with Gasteiger partial charge in [-0.2, -0.15) is 5.26 Å². The largest absolute Gasteiger partial charge is 0.315 e. The number of rotatable bonds is 5. The second-order valence-corrected chi connectivity index (χ2v) is 10.6. The van der Waals surface area contributed by atoms with Gasteiger partial charge in [0.05, 0.1) is 17.9 Å². The first-order valence-corrected chi connectivity index (χ1v) is 12.6. The zero-order chi connectivity index (χ0) is 20.3. The van der Waals surface area contributed by atoms with Crippen LogP contribution in [0.5, 0.6) is 0 Å². The van der Waals surface area contributed by atoms with Gasteiger partial charge in [0, 0.05) is 24.0 Å². The molecule has 0 spiro atoms. The number of sulfonamides is 1. The molecule has 1 aliphatic heterocycles. The molecule has 28 heavy (non-hydrogen) atoms. The van der Waals surface area contributed by atoms with E-state index in [-0.39, 0.29) is 18.0 Å². The Labute approximate surface area is 171 Å². The molecule has 1 amide bonds. The first-order valence-electron chi connectivity index (χ1n) is 9.85. The highest BCUT2D eigenvalue weighted by Crippen LogP contribution is 2.37. The summed E-state index contributed by atoms with van der Waals surface area (Å²) in [4.78, 5) is 16.1. The number of likely N-dealkylation sites (tertiary alicyclic amines) is 1. The molecule has 0 bridgehead atoms. The number of nitriles is 1. The van der Waals surface area contributed by atoms with Crippen LogP contribution < -0.4 is 10.0 Å². The molecule has 2 aliphatic rings. The summed E-state index contributed by atoms with van der Waals surface area (Å²) in [6, 6.07) is 1.90. The lowest BCUT2D eigenvalue weighted by Crippen LogP contribution is -2.50. The highest BCUT2D eigenvalue weighted by molar-refractivity contribution is 7.88. The number of fused-ring (bicyclic) bond motifs is 1. The lowest BCUT2D eigenvalue weighted by Gasteiger charge is -2.35. The topological polar surface area (TPSA) is 102 Å². The Balaban J connectivity index is 1.62.